The highest BCUT2D eigenvalue weighted by Crippen LogP contribution is 2.33. The number of piperazine rings is 1. The Kier molecular flexibility index (Phi) is 5.94. The van der Waals surface area contributed by atoms with E-state index in [1.165, 1.54) is 16.8 Å². The smallest absolute Gasteiger partial charge is 0.331 e. The number of carbonyl (C=O) groups is 1. The molecule has 2 aliphatic rings. The minimum absolute atomic E-state index is 0.0182. The first-order valence-electron chi connectivity index (χ1n) is 10.1. The molecule has 1 saturated carbocycles. The zero-order chi connectivity index (χ0) is 22.1. The number of nitriles is 1. The summed E-state index contributed by atoms with van der Waals surface area (Å²) in [5, 5.41) is 9.58. The summed E-state index contributed by atoms with van der Waals surface area (Å²) in [5.41, 5.74) is -1.03. The van der Waals surface area contributed by atoms with Gasteiger partial charge in [0.25, 0.3) is 5.56 Å². The van der Waals surface area contributed by atoms with Crippen molar-refractivity contribution in [1.82, 2.24) is 18.9 Å². The van der Waals surface area contributed by atoms with Gasteiger partial charge in [0, 0.05) is 55.5 Å². The minimum atomic E-state index is -0.745. The largest absolute Gasteiger partial charge is 0.339 e. The summed E-state index contributed by atoms with van der Waals surface area (Å²) in [6.07, 6.45) is 2.91. The first-order valence-corrected chi connectivity index (χ1v) is 10.5. The number of rotatable bonds is 5. The normalized spacial score (nSPS) is 16.9. The van der Waals surface area contributed by atoms with E-state index in [0.29, 0.717) is 43.3 Å². The fourth-order valence-electron chi connectivity index (χ4n) is 3.75. The van der Waals surface area contributed by atoms with Crippen molar-refractivity contribution in [3.63, 3.8) is 0 Å². The van der Waals surface area contributed by atoms with Gasteiger partial charge in [-0.25, -0.2) is 13.8 Å². The molecule has 2 aromatic rings. The molecular formula is C21H21ClFN5O3. The van der Waals surface area contributed by atoms with Gasteiger partial charge in [-0.1, -0.05) is 17.7 Å². The number of nitrogens with zero attached hydrogens (tertiary/aromatic N) is 5. The third-order valence-electron chi connectivity index (χ3n) is 5.72. The Balaban J connectivity index is 1.43. The fourth-order valence-corrected chi connectivity index (χ4v) is 3.97. The second-order valence-corrected chi connectivity index (χ2v) is 8.23. The lowest BCUT2D eigenvalue weighted by molar-refractivity contribution is -0.133. The van der Waals surface area contributed by atoms with Crippen molar-refractivity contribution in [2.75, 3.05) is 26.2 Å². The van der Waals surface area contributed by atoms with Gasteiger partial charge in [0.1, 0.15) is 24.0 Å². The highest BCUT2D eigenvalue weighted by atomic mass is 35.5. The van der Waals surface area contributed by atoms with E-state index in [-0.39, 0.29) is 23.3 Å². The second-order valence-electron chi connectivity index (χ2n) is 7.82. The third-order valence-corrected chi connectivity index (χ3v) is 6.07. The Morgan fingerprint density at radius 2 is 1.90 bits per heavy atom. The number of hydrogen-bond donors (Lipinski definition) is 0. The summed E-state index contributed by atoms with van der Waals surface area (Å²) in [7, 11) is 0. The molecule has 2 fully saturated rings. The molecule has 4 rings (SSSR count). The third kappa shape index (κ3) is 4.40. The molecule has 31 heavy (non-hydrogen) atoms. The second kappa shape index (κ2) is 8.65. The monoisotopic (exact) mass is 445 g/mol. The van der Waals surface area contributed by atoms with Crippen LogP contribution >= 0.6 is 11.6 Å². The number of halogens is 2. The summed E-state index contributed by atoms with van der Waals surface area (Å²) in [5.74, 6) is -0.727. The molecule has 1 saturated heterocycles. The number of amides is 1. The maximum absolute atomic E-state index is 14.0. The standard InChI is InChI=1S/C21H21ClFN5O3/c22-17-2-1-3-18(23)16(17)12-25-6-8-26(9-7-25)19(29)13-28-20(30)14(10-24)11-27(21(28)31)15-4-5-15/h1-3,11,15H,4-9,12-13H2. The molecular weight excluding hydrogens is 425 g/mol. The zero-order valence-corrected chi connectivity index (χ0v) is 17.5. The average Bonchev–Trinajstić information content (AvgIpc) is 3.59. The van der Waals surface area contributed by atoms with Gasteiger partial charge in [-0.2, -0.15) is 5.26 Å². The van der Waals surface area contributed by atoms with Gasteiger partial charge in [-0.3, -0.25) is 19.1 Å². The van der Waals surface area contributed by atoms with Crippen molar-refractivity contribution in [1.29, 1.82) is 5.26 Å². The molecule has 2 heterocycles. The molecule has 8 nitrogen and oxygen atoms in total. The molecule has 1 aromatic carbocycles. The Labute approximate surface area is 182 Å². The van der Waals surface area contributed by atoms with Crippen LogP contribution in [-0.2, 0) is 17.9 Å². The maximum Gasteiger partial charge on any atom is 0.331 e. The molecule has 0 N–H and O–H groups in total. The van der Waals surface area contributed by atoms with Crippen molar-refractivity contribution < 1.29 is 9.18 Å². The van der Waals surface area contributed by atoms with E-state index >= 15 is 0 Å². The molecule has 0 spiro atoms. The van der Waals surface area contributed by atoms with Gasteiger partial charge in [0.15, 0.2) is 0 Å². The van der Waals surface area contributed by atoms with Gasteiger partial charge in [0.05, 0.1) is 0 Å². The number of benzene rings is 1. The van der Waals surface area contributed by atoms with Crippen LogP contribution in [0.4, 0.5) is 4.39 Å². The van der Waals surface area contributed by atoms with Crippen LogP contribution in [0, 0.1) is 17.1 Å². The molecule has 10 heteroatoms. The summed E-state index contributed by atoms with van der Waals surface area (Å²) in [4.78, 5) is 41.5. The van der Waals surface area contributed by atoms with Crippen LogP contribution in [0.5, 0.6) is 0 Å². The topological polar surface area (TPSA) is 91.3 Å². The van der Waals surface area contributed by atoms with Crippen LogP contribution in [0.1, 0.15) is 30.0 Å². The lowest BCUT2D eigenvalue weighted by atomic mass is 10.2. The lowest BCUT2D eigenvalue weighted by Gasteiger charge is -2.35. The Bertz CT molecular complexity index is 1150. The van der Waals surface area contributed by atoms with Gasteiger partial charge < -0.3 is 4.90 Å². The van der Waals surface area contributed by atoms with E-state index in [4.69, 9.17) is 11.6 Å². The average molecular weight is 446 g/mol. The van der Waals surface area contributed by atoms with Gasteiger partial charge >= 0.3 is 5.69 Å². The van der Waals surface area contributed by atoms with E-state index in [2.05, 4.69) is 0 Å². The molecule has 162 valence electrons. The molecule has 0 atom stereocenters. The van der Waals surface area contributed by atoms with Crippen molar-refractivity contribution >= 4 is 17.5 Å². The van der Waals surface area contributed by atoms with E-state index in [0.717, 1.165) is 17.4 Å². The van der Waals surface area contributed by atoms with Gasteiger partial charge in [-0.15, -0.1) is 0 Å². The molecule has 1 aliphatic carbocycles. The van der Waals surface area contributed by atoms with Crippen molar-refractivity contribution in [3.05, 3.63) is 67.2 Å². The van der Waals surface area contributed by atoms with Crippen molar-refractivity contribution in [2.24, 2.45) is 0 Å². The Hall–Kier alpha value is -2.96. The maximum atomic E-state index is 14.0. The van der Waals surface area contributed by atoms with Crippen LogP contribution in [0.25, 0.3) is 0 Å². The van der Waals surface area contributed by atoms with Crippen LogP contribution in [0.3, 0.4) is 0 Å². The van der Waals surface area contributed by atoms with E-state index in [1.54, 1.807) is 17.0 Å². The van der Waals surface area contributed by atoms with E-state index in [9.17, 15) is 24.0 Å². The van der Waals surface area contributed by atoms with E-state index < -0.39 is 17.8 Å². The highest BCUT2D eigenvalue weighted by Gasteiger charge is 2.28. The predicted octanol–water partition coefficient (Wildman–Crippen LogP) is 1.35. The zero-order valence-electron chi connectivity index (χ0n) is 16.8. The Morgan fingerprint density at radius 1 is 1.19 bits per heavy atom. The molecule has 1 aliphatic heterocycles. The molecule has 0 bridgehead atoms. The molecule has 0 radical (unpaired) electrons. The van der Waals surface area contributed by atoms with Crippen LogP contribution < -0.4 is 11.2 Å². The summed E-state index contributed by atoms with van der Waals surface area (Å²) < 4.78 is 16.3. The predicted molar refractivity (Wildman–Crippen MR) is 111 cm³/mol. The highest BCUT2D eigenvalue weighted by molar-refractivity contribution is 6.31. The summed E-state index contributed by atoms with van der Waals surface area (Å²) >= 11 is 6.09. The minimum Gasteiger partial charge on any atom is -0.339 e. The van der Waals surface area contributed by atoms with Crippen molar-refractivity contribution in [3.8, 4) is 6.07 Å². The molecule has 1 aromatic heterocycles. The first kappa shape index (κ1) is 21.3. The van der Waals surface area contributed by atoms with E-state index in [1.807, 2.05) is 11.0 Å². The van der Waals surface area contributed by atoms with Gasteiger partial charge in [0.2, 0.25) is 5.91 Å². The number of carbonyl (C=O) groups excluding carboxylic acids is 1. The summed E-state index contributed by atoms with van der Waals surface area (Å²) in [6, 6.07) is 6.35. The number of aromatic nitrogens is 2. The Morgan fingerprint density at radius 3 is 2.52 bits per heavy atom. The quantitative estimate of drug-likeness (QED) is 0.693. The lowest BCUT2D eigenvalue weighted by Crippen LogP contribution is -2.51. The van der Waals surface area contributed by atoms with Crippen molar-refractivity contribution in [2.45, 2.75) is 32.0 Å². The van der Waals surface area contributed by atoms with Crippen LogP contribution in [0.2, 0.25) is 5.02 Å². The molecule has 1 amide bonds. The van der Waals surface area contributed by atoms with Crippen LogP contribution in [0.15, 0.2) is 34.0 Å². The number of hydrogen-bond acceptors (Lipinski definition) is 5. The summed E-state index contributed by atoms with van der Waals surface area (Å²) in [6.45, 7) is 1.72. The van der Waals surface area contributed by atoms with Gasteiger partial charge in [-0.05, 0) is 25.0 Å². The van der Waals surface area contributed by atoms with Crippen LogP contribution in [-0.4, -0.2) is 51.0 Å². The molecule has 0 unspecified atom stereocenters. The first-order chi connectivity index (χ1) is 14.9. The SMILES string of the molecule is N#Cc1cn(C2CC2)c(=O)n(CC(=O)N2CCN(Cc3c(F)cccc3Cl)CC2)c1=O. The fraction of sp³-hybridized carbons (Fsp3) is 0.429.